The van der Waals surface area contributed by atoms with Gasteiger partial charge in [0.05, 0.1) is 17.4 Å². The van der Waals surface area contributed by atoms with E-state index in [-0.39, 0.29) is 17.4 Å². The van der Waals surface area contributed by atoms with Gasteiger partial charge in [0.25, 0.3) is 0 Å². The van der Waals surface area contributed by atoms with Gasteiger partial charge in [-0.1, -0.05) is 53.7 Å². The Labute approximate surface area is 119 Å². The molecule has 0 fully saturated rings. The minimum absolute atomic E-state index is 0.0116. The Morgan fingerprint density at radius 3 is 1.89 bits per heavy atom. The summed E-state index contributed by atoms with van der Waals surface area (Å²) in [7, 11) is -1.09. The summed E-state index contributed by atoms with van der Waals surface area (Å²) >= 11 is 0. The monoisotopic (exact) mass is 282 g/mol. The number of aliphatic hydroxyl groups is 1. The highest BCUT2D eigenvalue weighted by atomic mass is 32.2. The van der Waals surface area contributed by atoms with Gasteiger partial charge in [-0.25, -0.2) is 0 Å². The third-order valence-corrected chi connectivity index (χ3v) is 4.35. The fourth-order valence-electron chi connectivity index (χ4n) is 2.14. The lowest BCUT2D eigenvalue weighted by Gasteiger charge is -2.28. The Kier molecular flexibility index (Phi) is 4.63. The smallest absolute Gasteiger partial charge is 0.0693 e. The van der Waals surface area contributed by atoms with Crippen LogP contribution in [-0.4, -0.2) is 15.6 Å². The predicted molar refractivity (Wildman–Crippen MR) is 82.1 cm³/mol. The van der Waals surface area contributed by atoms with Crippen molar-refractivity contribution in [1.82, 2.24) is 0 Å². The van der Waals surface area contributed by atoms with Crippen LogP contribution in [0.15, 0.2) is 17.0 Å². The van der Waals surface area contributed by atoms with Crippen molar-refractivity contribution in [3.63, 3.8) is 0 Å². The molecule has 1 N–H and O–H groups in total. The van der Waals surface area contributed by atoms with Gasteiger partial charge >= 0.3 is 0 Å². The average Bonchev–Trinajstić information content (AvgIpc) is 2.24. The fraction of sp³-hybridized carbons (Fsp3) is 0.625. The maximum atomic E-state index is 12.1. The van der Waals surface area contributed by atoms with E-state index in [9.17, 15) is 9.32 Å². The van der Waals surface area contributed by atoms with Gasteiger partial charge in [-0.15, -0.1) is 0 Å². The van der Waals surface area contributed by atoms with Gasteiger partial charge in [0.1, 0.15) is 0 Å². The molecule has 0 saturated carbocycles. The van der Waals surface area contributed by atoms with Gasteiger partial charge in [-0.05, 0) is 27.5 Å². The molecule has 3 heteroatoms. The molecule has 0 aliphatic heterocycles. The minimum Gasteiger partial charge on any atom is -0.392 e. The van der Waals surface area contributed by atoms with E-state index < -0.39 is 10.8 Å². The first-order chi connectivity index (χ1) is 8.48. The van der Waals surface area contributed by atoms with Crippen molar-refractivity contribution in [1.29, 1.82) is 0 Å². The molecular formula is C16H26O2S. The van der Waals surface area contributed by atoms with Crippen LogP contribution in [0.1, 0.15) is 58.2 Å². The number of benzene rings is 1. The molecule has 0 radical (unpaired) electrons. The second kappa shape index (κ2) is 5.37. The molecule has 0 aliphatic rings. The van der Waals surface area contributed by atoms with Gasteiger partial charge in [-0.2, -0.15) is 0 Å². The van der Waals surface area contributed by atoms with Crippen molar-refractivity contribution in [2.45, 2.75) is 63.9 Å². The Morgan fingerprint density at radius 2 is 1.58 bits per heavy atom. The summed E-state index contributed by atoms with van der Waals surface area (Å²) in [5, 5.41) is 9.61. The van der Waals surface area contributed by atoms with Crippen molar-refractivity contribution < 1.29 is 9.32 Å². The number of hydrogen-bond acceptors (Lipinski definition) is 2. The highest BCUT2D eigenvalue weighted by Gasteiger charge is 2.26. The SMILES string of the molecule is CS(=O)c1c(CO)cc(C(C)(C)C)cc1C(C)(C)C. The molecule has 1 aromatic rings. The van der Waals surface area contributed by atoms with Crippen molar-refractivity contribution in [2.75, 3.05) is 6.26 Å². The first kappa shape index (κ1) is 16.4. The van der Waals surface area contributed by atoms with E-state index in [2.05, 4.69) is 47.6 Å². The van der Waals surface area contributed by atoms with E-state index in [1.807, 2.05) is 6.07 Å². The van der Waals surface area contributed by atoms with Gasteiger partial charge in [0.2, 0.25) is 0 Å². The molecule has 0 amide bonds. The van der Waals surface area contributed by atoms with Gasteiger partial charge in [-0.3, -0.25) is 4.21 Å². The van der Waals surface area contributed by atoms with E-state index >= 15 is 0 Å². The zero-order valence-electron chi connectivity index (χ0n) is 13.1. The minimum atomic E-state index is -1.09. The largest absolute Gasteiger partial charge is 0.392 e. The Bertz CT molecular complexity index is 491. The molecule has 1 unspecified atom stereocenters. The Morgan fingerprint density at radius 1 is 1.05 bits per heavy atom. The average molecular weight is 282 g/mol. The molecule has 0 bridgehead atoms. The van der Waals surface area contributed by atoms with Crippen molar-refractivity contribution in [3.05, 3.63) is 28.8 Å². The Hall–Kier alpha value is -0.670. The van der Waals surface area contributed by atoms with E-state index in [1.54, 1.807) is 6.26 Å². The lowest BCUT2D eigenvalue weighted by Crippen LogP contribution is -2.20. The molecule has 0 aromatic heterocycles. The molecule has 19 heavy (non-hydrogen) atoms. The summed E-state index contributed by atoms with van der Waals surface area (Å²) in [5.74, 6) is 0. The van der Waals surface area contributed by atoms with Crippen LogP contribution in [0.3, 0.4) is 0 Å². The van der Waals surface area contributed by atoms with Crippen LogP contribution in [0.25, 0.3) is 0 Å². The van der Waals surface area contributed by atoms with Crippen molar-refractivity contribution >= 4 is 10.8 Å². The van der Waals surface area contributed by atoms with E-state index in [0.717, 1.165) is 16.0 Å². The molecule has 2 nitrogen and oxygen atoms in total. The van der Waals surface area contributed by atoms with Crippen molar-refractivity contribution in [3.8, 4) is 0 Å². The summed E-state index contributed by atoms with van der Waals surface area (Å²) < 4.78 is 12.1. The second-order valence-corrected chi connectivity index (χ2v) is 8.44. The summed E-state index contributed by atoms with van der Waals surface area (Å²) in [6, 6.07) is 4.14. The number of aliphatic hydroxyl groups excluding tert-OH is 1. The molecule has 0 heterocycles. The third kappa shape index (κ3) is 3.67. The lowest BCUT2D eigenvalue weighted by atomic mass is 9.79. The van der Waals surface area contributed by atoms with E-state index in [0.29, 0.717) is 0 Å². The van der Waals surface area contributed by atoms with Crippen LogP contribution in [0.2, 0.25) is 0 Å². The maximum Gasteiger partial charge on any atom is 0.0693 e. The normalized spacial score (nSPS) is 14.5. The first-order valence-electron chi connectivity index (χ1n) is 6.60. The molecule has 0 saturated heterocycles. The zero-order valence-corrected chi connectivity index (χ0v) is 13.9. The fourth-order valence-corrected chi connectivity index (χ4v) is 3.30. The molecule has 0 aliphatic carbocycles. The third-order valence-electron chi connectivity index (χ3n) is 3.30. The van der Waals surface area contributed by atoms with Crippen LogP contribution in [0, 0.1) is 0 Å². The molecule has 1 aromatic carbocycles. The van der Waals surface area contributed by atoms with Crippen molar-refractivity contribution in [2.24, 2.45) is 0 Å². The van der Waals surface area contributed by atoms with E-state index in [4.69, 9.17) is 0 Å². The highest BCUT2D eigenvalue weighted by molar-refractivity contribution is 7.84. The molecule has 108 valence electrons. The molecule has 1 rings (SSSR count). The summed E-state index contributed by atoms with van der Waals surface area (Å²) in [6.07, 6.45) is 1.68. The number of hydrogen-bond donors (Lipinski definition) is 1. The quantitative estimate of drug-likeness (QED) is 0.901. The standard InChI is InChI=1S/C16H26O2S/c1-15(2,3)12-8-11(10-17)14(19(7)18)13(9-12)16(4,5)6/h8-9,17H,10H2,1-7H3. The van der Waals surface area contributed by atoms with Crippen LogP contribution < -0.4 is 0 Å². The van der Waals surface area contributed by atoms with Crippen LogP contribution in [0.4, 0.5) is 0 Å². The van der Waals surface area contributed by atoms with Gasteiger partial charge < -0.3 is 5.11 Å². The van der Waals surface area contributed by atoms with Gasteiger partial charge in [0.15, 0.2) is 0 Å². The second-order valence-electron chi connectivity index (χ2n) is 7.12. The summed E-state index contributed by atoms with van der Waals surface area (Å²) in [5.41, 5.74) is 2.96. The van der Waals surface area contributed by atoms with Crippen LogP contribution in [0.5, 0.6) is 0 Å². The van der Waals surface area contributed by atoms with E-state index in [1.165, 1.54) is 5.56 Å². The highest BCUT2D eigenvalue weighted by Crippen LogP contribution is 2.35. The van der Waals surface area contributed by atoms with Gasteiger partial charge in [0, 0.05) is 11.2 Å². The molecule has 1 atom stereocenters. The topological polar surface area (TPSA) is 37.3 Å². The Balaban J connectivity index is 3.70. The maximum absolute atomic E-state index is 12.1. The molecule has 0 spiro atoms. The summed E-state index contributed by atoms with van der Waals surface area (Å²) in [4.78, 5) is 0.794. The zero-order chi connectivity index (χ0) is 15.0. The van der Waals surface area contributed by atoms with Crippen LogP contribution >= 0.6 is 0 Å². The summed E-state index contributed by atoms with van der Waals surface area (Å²) in [6.45, 7) is 12.7. The first-order valence-corrected chi connectivity index (χ1v) is 8.16. The number of rotatable bonds is 2. The molecular weight excluding hydrogens is 256 g/mol. The van der Waals surface area contributed by atoms with Crippen LogP contribution in [-0.2, 0) is 28.2 Å². The lowest BCUT2D eigenvalue weighted by molar-refractivity contribution is 0.277. The predicted octanol–water partition coefficient (Wildman–Crippen LogP) is 3.51.